The van der Waals surface area contributed by atoms with Crippen LogP contribution in [-0.2, 0) is 33.0 Å². The monoisotopic (exact) mass is 570 g/mol. The van der Waals surface area contributed by atoms with Gasteiger partial charge in [0, 0.05) is 5.92 Å². The molecule has 0 saturated heterocycles. The number of hydrogen-bond acceptors (Lipinski definition) is 3. The van der Waals surface area contributed by atoms with Crippen molar-refractivity contribution in [2.24, 2.45) is 5.92 Å². The zero-order valence-electron chi connectivity index (χ0n) is 24.6. The molecule has 1 atom stereocenters. The predicted molar refractivity (Wildman–Crippen MR) is 142 cm³/mol. The van der Waals surface area contributed by atoms with Crippen LogP contribution in [0.2, 0.25) is 0 Å². The second-order valence-electron chi connectivity index (χ2n) is 11.2. The minimum atomic E-state index is -4.87. The van der Waals surface area contributed by atoms with Crippen molar-refractivity contribution in [3.63, 3.8) is 0 Å². The maximum atomic E-state index is 13.3. The lowest BCUT2D eigenvalue weighted by atomic mass is 9.90. The number of ether oxygens (including phenoxy) is 3. The summed E-state index contributed by atoms with van der Waals surface area (Å²) in [5.41, 5.74) is -2.58. The molecule has 9 heteroatoms. The van der Waals surface area contributed by atoms with Gasteiger partial charge >= 0.3 is 12.4 Å². The summed E-state index contributed by atoms with van der Waals surface area (Å²) in [5.74, 6) is -1.63. The summed E-state index contributed by atoms with van der Waals surface area (Å²) in [6.07, 6.45) is -2.39. The molecule has 0 aliphatic heterocycles. The van der Waals surface area contributed by atoms with E-state index < -0.39 is 29.5 Å². The molecule has 0 aliphatic rings. The van der Waals surface area contributed by atoms with Crippen molar-refractivity contribution in [3.05, 3.63) is 34.9 Å². The molecule has 0 aromatic heterocycles. The predicted octanol–water partition coefficient (Wildman–Crippen LogP) is 10.3. The summed E-state index contributed by atoms with van der Waals surface area (Å²) in [4.78, 5) is 0. The number of alkyl halides is 6. The topological polar surface area (TPSA) is 27.7 Å². The highest BCUT2D eigenvalue weighted by atomic mass is 19.4. The lowest BCUT2D eigenvalue weighted by Gasteiger charge is -2.43. The minimum Gasteiger partial charge on any atom is -0.324 e. The SMILES string of the molecule is CCCCCCCCC(CCCc1cc(C(F)(F)F)cc(C(F)(F)F)c1)C(OC(C)C)(OC(C)C)OC(C)C. The minimum absolute atomic E-state index is 0.000370. The van der Waals surface area contributed by atoms with E-state index in [9.17, 15) is 26.3 Å². The Morgan fingerprint density at radius 1 is 0.590 bits per heavy atom. The molecule has 228 valence electrons. The van der Waals surface area contributed by atoms with Crippen molar-refractivity contribution in [1.82, 2.24) is 0 Å². The second kappa shape index (κ2) is 16.2. The summed E-state index contributed by atoms with van der Waals surface area (Å²) in [7, 11) is 0. The summed E-state index contributed by atoms with van der Waals surface area (Å²) in [6, 6.07) is 1.79. The molecule has 1 aromatic rings. The van der Waals surface area contributed by atoms with Crippen LogP contribution in [0.4, 0.5) is 26.3 Å². The Morgan fingerprint density at radius 2 is 1.00 bits per heavy atom. The quantitative estimate of drug-likeness (QED) is 0.0998. The van der Waals surface area contributed by atoms with Crippen LogP contribution in [-0.4, -0.2) is 24.3 Å². The fourth-order valence-electron chi connectivity index (χ4n) is 4.74. The van der Waals surface area contributed by atoms with E-state index in [4.69, 9.17) is 14.2 Å². The molecule has 0 bridgehead atoms. The van der Waals surface area contributed by atoms with Crippen LogP contribution in [0.15, 0.2) is 18.2 Å². The van der Waals surface area contributed by atoms with Gasteiger partial charge in [-0.1, -0.05) is 45.4 Å². The van der Waals surface area contributed by atoms with E-state index >= 15 is 0 Å². The average Bonchev–Trinajstić information content (AvgIpc) is 2.77. The summed E-state index contributed by atoms with van der Waals surface area (Å²) < 4.78 is 99.0. The molecule has 1 aromatic carbocycles. The molecule has 1 unspecified atom stereocenters. The van der Waals surface area contributed by atoms with Gasteiger partial charge in [-0.25, -0.2) is 0 Å². The molecule has 3 nitrogen and oxygen atoms in total. The van der Waals surface area contributed by atoms with Crippen molar-refractivity contribution in [2.45, 2.75) is 149 Å². The second-order valence-corrected chi connectivity index (χ2v) is 11.2. The molecule has 0 radical (unpaired) electrons. The van der Waals surface area contributed by atoms with Gasteiger partial charge < -0.3 is 14.2 Å². The molecule has 0 amide bonds. The largest absolute Gasteiger partial charge is 0.416 e. The van der Waals surface area contributed by atoms with E-state index in [-0.39, 0.29) is 42.3 Å². The zero-order chi connectivity index (χ0) is 29.9. The maximum absolute atomic E-state index is 13.3. The fraction of sp³-hybridized carbons (Fsp3) is 0.800. The van der Waals surface area contributed by atoms with Crippen LogP contribution in [0.3, 0.4) is 0 Å². The Bertz CT molecular complexity index is 759. The van der Waals surface area contributed by atoms with Crippen LogP contribution >= 0.6 is 0 Å². The van der Waals surface area contributed by atoms with Gasteiger partial charge in [0.05, 0.1) is 29.4 Å². The average molecular weight is 571 g/mol. The highest BCUT2D eigenvalue weighted by molar-refractivity contribution is 5.33. The Kier molecular flexibility index (Phi) is 14.8. The number of aryl methyl sites for hydroxylation is 1. The van der Waals surface area contributed by atoms with Crippen molar-refractivity contribution < 1.29 is 40.6 Å². The zero-order valence-corrected chi connectivity index (χ0v) is 24.6. The first-order chi connectivity index (χ1) is 18.0. The van der Waals surface area contributed by atoms with Crippen molar-refractivity contribution in [1.29, 1.82) is 0 Å². The van der Waals surface area contributed by atoms with Crippen molar-refractivity contribution >= 4 is 0 Å². The van der Waals surface area contributed by atoms with Crippen LogP contribution < -0.4 is 0 Å². The van der Waals surface area contributed by atoms with Crippen molar-refractivity contribution in [2.75, 3.05) is 0 Å². The van der Waals surface area contributed by atoms with Gasteiger partial charge in [0.1, 0.15) is 0 Å². The highest BCUT2D eigenvalue weighted by Crippen LogP contribution is 2.39. The summed E-state index contributed by atoms with van der Waals surface area (Å²) in [6.45, 7) is 13.4. The van der Waals surface area contributed by atoms with Gasteiger partial charge in [-0.05, 0) is 91.0 Å². The molecule has 0 aliphatic carbocycles. The Balaban J connectivity index is 3.24. The third-order valence-electron chi connectivity index (χ3n) is 6.27. The van der Waals surface area contributed by atoms with E-state index in [0.717, 1.165) is 44.2 Å². The highest BCUT2D eigenvalue weighted by Gasteiger charge is 2.45. The van der Waals surface area contributed by atoms with Crippen LogP contribution in [0.1, 0.15) is 123 Å². The van der Waals surface area contributed by atoms with Crippen LogP contribution in [0, 0.1) is 5.92 Å². The normalized spacial score (nSPS) is 14.2. The van der Waals surface area contributed by atoms with Gasteiger partial charge in [-0.15, -0.1) is 0 Å². The Labute approximate surface area is 231 Å². The van der Waals surface area contributed by atoms with E-state index in [1.165, 1.54) is 6.42 Å². The van der Waals surface area contributed by atoms with E-state index in [2.05, 4.69) is 6.92 Å². The standard InChI is InChI=1S/C30H48F6O3/c1-8-9-10-11-12-13-16-25(30(37-21(2)3,38-22(4)5)39-23(6)7)17-14-15-24-18-26(28(31,32)33)20-27(19-24)29(34,35)36/h18-23,25H,8-17H2,1-7H3. The molecular weight excluding hydrogens is 522 g/mol. The van der Waals surface area contributed by atoms with E-state index in [0.29, 0.717) is 19.3 Å². The Morgan fingerprint density at radius 3 is 1.41 bits per heavy atom. The fourth-order valence-corrected chi connectivity index (χ4v) is 4.74. The molecule has 39 heavy (non-hydrogen) atoms. The maximum Gasteiger partial charge on any atom is 0.416 e. The molecule has 0 heterocycles. The first-order valence-corrected chi connectivity index (χ1v) is 14.3. The first kappa shape index (κ1) is 35.7. The molecule has 0 saturated carbocycles. The number of benzene rings is 1. The van der Waals surface area contributed by atoms with Gasteiger partial charge in [-0.3, -0.25) is 0 Å². The van der Waals surface area contributed by atoms with Crippen molar-refractivity contribution in [3.8, 4) is 0 Å². The third kappa shape index (κ3) is 13.3. The number of unbranched alkanes of at least 4 members (excludes halogenated alkanes) is 5. The van der Waals surface area contributed by atoms with E-state index in [1.54, 1.807) is 0 Å². The molecule has 1 rings (SSSR count). The first-order valence-electron chi connectivity index (χ1n) is 14.3. The summed E-state index contributed by atoms with van der Waals surface area (Å²) >= 11 is 0. The lowest BCUT2D eigenvalue weighted by Crippen LogP contribution is -2.51. The smallest absolute Gasteiger partial charge is 0.324 e. The van der Waals surface area contributed by atoms with Crippen LogP contribution in [0.5, 0.6) is 0 Å². The molecule has 0 N–H and O–H groups in total. The number of rotatable bonds is 18. The molecule has 0 spiro atoms. The summed E-state index contributed by atoms with van der Waals surface area (Å²) in [5, 5.41) is 0. The van der Waals surface area contributed by atoms with Gasteiger partial charge in [0.15, 0.2) is 0 Å². The molecular formula is C30H48F6O3. The third-order valence-corrected chi connectivity index (χ3v) is 6.27. The van der Waals surface area contributed by atoms with Crippen LogP contribution in [0.25, 0.3) is 0 Å². The lowest BCUT2D eigenvalue weighted by molar-refractivity contribution is -0.433. The van der Waals surface area contributed by atoms with Gasteiger partial charge in [0.25, 0.3) is 5.97 Å². The van der Waals surface area contributed by atoms with Gasteiger partial charge in [-0.2, -0.15) is 26.3 Å². The van der Waals surface area contributed by atoms with E-state index in [1.807, 2.05) is 41.5 Å². The van der Waals surface area contributed by atoms with Gasteiger partial charge in [0.2, 0.25) is 0 Å². The number of hydrogen-bond donors (Lipinski definition) is 0. The molecule has 0 fully saturated rings. The Hall–Kier alpha value is -1.32. The number of halogens is 6.